The first kappa shape index (κ1) is 12.6. The highest BCUT2D eigenvalue weighted by atomic mass is 19.3. The quantitative estimate of drug-likeness (QED) is 0.896. The Morgan fingerprint density at radius 2 is 2.06 bits per heavy atom. The van der Waals surface area contributed by atoms with Gasteiger partial charge in [0, 0.05) is 12.0 Å². The lowest BCUT2D eigenvalue weighted by molar-refractivity contribution is 0.149. The number of aliphatic hydroxyl groups is 1. The fourth-order valence-electron chi connectivity index (χ4n) is 1.60. The summed E-state index contributed by atoms with van der Waals surface area (Å²) in [6.45, 7) is 0. The first-order valence-electron chi connectivity index (χ1n) is 5.35. The number of benzene rings is 1. The zero-order chi connectivity index (χ0) is 13.1. The fourth-order valence-corrected chi connectivity index (χ4v) is 1.60. The Bertz CT molecular complexity index is 529. The van der Waals surface area contributed by atoms with Crippen LogP contribution in [0.4, 0.5) is 8.78 Å². The van der Waals surface area contributed by atoms with Crippen LogP contribution in [0.1, 0.15) is 29.5 Å². The average Bonchev–Trinajstić information content (AvgIpc) is 2.75. The van der Waals surface area contributed by atoms with Crippen molar-refractivity contribution in [3.8, 4) is 0 Å². The molecule has 0 fully saturated rings. The Kier molecular flexibility index (Phi) is 3.61. The van der Waals surface area contributed by atoms with Gasteiger partial charge in [0.2, 0.25) is 0 Å². The number of aromatic nitrogens is 4. The minimum atomic E-state index is -2.55. The maximum atomic E-state index is 12.5. The van der Waals surface area contributed by atoms with Crippen molar-refractivity contribution in [2.45, 2.75) is 19.0 Å². The monoisotopic (exact) mass is 254 g/mol. The van der Waals surface area contributed by atoms with Gasteiger partial charge >= 0.3 is 0 Å². The maximum absolute atomic E-state index is 12.5. The van der Waals surface area contributed by atoms with Crippen molar-refractivity contribution in [1.29, 1.82) is 0 Å². The molecule has 0 spiro atoms. The molecule has 5 nitrogen and oxygen atoms in total. The van der Waals surface area contributed by atoms with Gasteiger partial charge in [0.05, 0.1) is 13.2 Å². The van der Waals surface area contributed by atoms with Crippen LogP contribution in [0.15, 0.2) is 24.3 Å². The average molecular weight is 254 g/mol. The van der Waals surface area contributed by atoms with Crippen molar-refractivity contribution < 1.29 is 13.9 Å². The molecule has 0 aliphatic carbocycles. The molecule has 1 unspecified atom stereocenters. The van der Waals surface area contributed by atoms with E-state index in [-0.39, 0.29) is 12.0 Å². The third-order valence-corrected chi connectivity index (χ3v) is 2.47. The van der Waals surface area contributed by atoms with Gasteiger partial charge in [-0.25, -0.2) is 8.78 Å². The fraction of sp³-hybridized carbons (Fsp3) is 0.364. The lowest BCUT2D eigenvalue weighted by Gasteiger charge is -2.10. The molecular weight excluding hydrogens is 242 g/mol. The Balaban J connectivity index is 2.13. The minimum Gasteiger partial charge on any atom is -0.388 e. The number of tetrazole rings is 1. The molecule has 0 aliphatic rings. The number of hydrogen-bond donors (Lipinski definition) is 1. The molecule has 1 atom stereocenters. The Hall–Kier alpha value is -1.89. The summed E-state index contributed by atoms with van der Waals surface area (Å²) in [4.78, 5) is 1.28. The second-order valence-corrected chi connectivity index (χ2v) is 3.89. The van der Waals surface area contributed by atoms with Gasteiger partial charge in [-0.2, -0.15) is 4.80 Å². The number of nitrogens with zero attached hydrogens (tertiary/aromatic N) is 4. The topological polar surface area (TPSA) is 63.8 Å². The summed E-state index contributed by atoms with van der Waals surface area (Å²) >= 11 is 0. The van der Waals surface area contributed by atoms with Crippen molar-refractivity contribution in [2.24, 2.45) is 7.05 Å². The number of aliphatic hydroxyl groups excluding tert-OH is 1. The van der Waals surface area contributed by atoms with Crippen LogP contribution in [-0.4, -0.2) is 25.3 Å². The predicted molar refractivity (Wildman–Crippen MR) is 58.9 cm³/mol. The van der Waals surface area contributed by atoms with Crippen LogP contribution in [0.5, 0.6) is 0 Å². The van der Waals surface area contributed by atoms with E-state index in [4.69, 9.17) is 0 Å². The Morgan fingerprint density at radius 3 is 2.67 bits per heavy atom. The zero-order valence-corrected chi connectivity index (χ0v) is 9.66. The van der Waals surface area contributed by atoms with Gasteiger partial charge in [-0.05, 0) is 16.8 Å². The lowest BCUT2D eigenvalue weighted by atomic mass is 10.0. The van der Waals surface area contributed by atoms with Gasteiger partial charge in [0.1, 0.15) is 0 Å². The summed E-state index contributed by atoms with van der Waals surface area (Å²) in [5.41, 5.74) is 0.305. The molecule has 0 radical (unpaired) electrons. The Morgan fingerprint density at radius 1 is 1.33 bits per heavy atom. The summed E-state index contributed by atoms with van der Waals surface area (Å²) in [6.07, 6.45) is -3.33. The SMILES string of the molecule is Cn1nnc(CC(O)c2cccc(C(F)F)c2)n1. The molecule has 0 bridgehead atoms. The highest BCUT2D eigenvalue weighted by molar-refractivity contribution is 5.26. The first-order valence-corrected chi connectivity index (χ1v) is 5.35. The summed E-state index contributed by atoms with van der Waals surface area (Å²) in [5, 5.41) is 21.2. The molecule has 2 rings (SSSR count). The highest BCUT2D eigenvalue weighted by Crippen LogP contribution is 2.23. The van der Waals surface area contributed by atoms with E-state index in [1.807, 2.05) is 0 Å². The number of aryl methyl sites for hydroxylation is 1. The van der Waals surface area contributed by atoms with Crippen LogP contribution in [0.3, 0.4) is 0 Å². The van der Waals surface area contributed by atoms with E-state index in [9.17, 15) is 13.9 Å². The van der Waals surface area contributed by atoms with Gasteiger partial charge in [-0.3, -0.25) is 0 Å². The van der Waals surface area contributed by atoms with Crippen molar-refractivity contribution >= 4 is 0 Å². The van der Waals surface area contributed by atoms with E-state index in [2.05, 4.69) is 15.4 Å². The van der Waals surface area contributed by atoms with Gasteiger partial charge in [0.25, 0.3) is 6.43 Å². The number of rotatable bonds is 4. The molecule has 0 saturated heterocycles. The van der Waals surface area contributed by atoms with Crippen LogP contribution in [0, 0.1) is 0 Å². The van der Waals surface area contributed by atoms with Crippen LogP contribution in [0.2, 0.25) is 0 Å². The second-order valence-electron chi connectivity index (χ2n) is 3.89. The van der Waals surface area contributed by atoms with Crippen molar-refractivity contribution in [3.05, 3.63) is 41.2 Å². The predicted octanol–water partition coefficient (Wildman–Crippen LogP) is 1.42. The molecule has 0 amide bonds. The first-order chi connectivity index (χ1) is 8.56. The molecule has 1 N–H and O–H groups in total. The van der Waals surface area contributed by atoms with E-state index in [1.165, 1.54) is 23.0 Å². The summed E-state index contributed by atoms with van der Waals surface area (Å²) < 4.78 is 25.0. The van der Waals surface area contributed by atoms with Crippen molar-refractivity contribution in [2.75, 3.05) is 0 Å². The number of hydrogen-bond acceptors (Lipinski definition) is 4. The summed E-state index contributed by atoms with van der Waals surface area (Å²) in [7, 11) is 1.61. The van der Waals surface area contributed by atoms with Crippen LogP contribution in [-0.2, 0) is 13.5 Å². The van der Waals surface area contributed by atoms with Crippen LogP contribution >= 0.6 is 0 Å². The normalized spacial score (nSPS) is 12.9. The van der Waals surface area contributed by atoms with Gasteiger partial charge in [-0.1, -0.05) is 18.2 Å². The van der Waals surface area contributed by atoms with Gasteiger partial charge in [-0.15, -0.1) is 10.2 Å². The standard InChI is InChI=1S/C11H12F2N4O/c1-17-15-10(14-16-17)6-9(18)7-3-2-4-8(5-7)11(12)13/h2-5,9,11,18H,6H2,1H3. The molecule has 96 valence electrons. The van der Waals surface area contributed by atoms with E-state index >= 15 is 0 Å². The molecule has 2 aromatic rings. The highest BCUT2D eigenvalue weighted by Gasteiger charge is 2.14. The molecule has 0 aliphatic heterocycles. The largest absolute Gasteiger partial charge is 0.388 e. The molecule has 0 saturated carbocycles. The third kappa shape index (κ3) is 2.86. The lowest BCUT2D eigenvalue weighted by Crippen LogP contribution is -2.04. The molecule has 1 aromatic heterocycles. The van der Waals surface area contributed by atoms with Crippen molar-refractivity contribution in [1.82, 2.24) is 20.2 Å². The van der Waals surface area contributed by atoms with Gasteiger partial charge in [0.15, 0.2) is 5.82 Å². The maximum Gasteiger partial charge on any atom is 0.263 e. The Labute approximate surface area is 102 Å². The molecule has 1 aromatic carbocycles. The smallest absolute Gasteiger partial charge is 0.263 e. The van der Waals surface area contributed by atoms with E-state index in [0.29, 0.717) is 11.4 Å². The van der Waals surface area contributed by atoms with E-state index < -0.39 is 12.5 Å². The molecule has 7 heteroatoms. The molecule has 1 heterocycles. The third-order valence-electron chi connectivity index (χ3n) is 2.47. The molecule has 18 heavy (non-hydrogen) atoms. The zero-order valence-electron chi connectivity index (χ0n) is 9.66. The van der Waals surface area contributed by atoms with Crippen LogP contribution < -0.4 is 0 Å². The molecular formula is C11H12F2N4O. The summed E-state index contributed by atoms with van der Waals surface area (Å²) in [6, 6.07) is 5.68. The van der Waals surface area contributed by atoms with Gasteiger partial charge < -0.3 is 5.11 Å². The van der Waals surface area contributed by atoms with Crippen LogP contribution in [0.25, 0.3) is 0 Å². The second kappa shape index (κ2) is 5.18. The summed E-state index contributed by atoms with van der Waals surface area (Å²) in [5.74, 6) is 0.368. The van der Waals surface area contributed by atoms with E-state index in [0.717, 1.165) is 0 Å². The van der Waals surface area contributed by atoms with Crippen molar-refractivity contribution in [3.63, 3.8) is 0 Å². The minimum absolute atomic E-state index is 0.112. The number of alkyl halides is 2. The number of halogens is 2. The van der Waals surface area contributed by atoms with E-state index in [1.54, 1.807) is 13.1 Å².